The first-order valence-corrected chi connectivity index (χ1v) is 8.95. The zero-order chi connectivity index (χ0) is 17.1. The van der Waals surface area contributed by atoms with Crippen molar-refractivity contribution >= 4 is 5.57 Å². The molecule has 1 N–H and O–H groups in total. The molecule has 0 saturated heterocycles. The summed E-state index contributed by atoms with van der Waals surface area (Å²) in [5, 5.41) is 3.66. The van der Waals surface area contributed by atoms with Crippen molar-refractivity contribution < 1.29 is 0 Å². The molecule has 1 heterocycles. The van der Waals surface area contributed by atoms with Crippen molar-refractivity contribution in [3.05, 3.63) is 113 Å². The van der Waals surface area contributed by atoms with E-state index in [0.717, 1.165) is 6.42 Å². The van der Waals surface area contributed by atoms with Crippen LogP contribution in [-0.2, 0) is 6.42 Å². The van der Waals surface area contributed by atoms with Crippen LogP contribution >= 0.6 is 0 Å². The molecule has 0 radical (unpaired) electrons. The first kappa shape index (κ1) is 15.7. The Kier molecular flexibility index (Phi) is 4.39. The normalized spacial score (nSPS) is 22.0. The standard InChI is InChI=1S/C24H23N/c1-18-24(22-14-8-9-15-23(22)25-18)21(20-12-6-3-7-13-20)17-16-19-10-4-2-5-11-19/h2-15,17,22-23,25H,16H2,1H3/b21-17-. The fourth-order valence-corrected chi connectivity index (χ4v) is 3.82. The molecule has 1 nitrogen and oxygen atoms in total. The molecule has 25 heavy (non-hydrogen) atoms. The molecule has 1 aliphatic carbocycles. The smallest absolute Gasteiger partial charge is 0.0548 e. The van der Waals surface area contributed by atoms with Crippen molar-refractivity contribution in [2.24, 2.45) is 5.92 Å². The first-order valence-electron chi connectivity index (χ1n) is 8.95. The Hall–Kier alpha value is -2.80. The molecule has 124 valence electrons. The summed E-state index contributed by atoms with van der Waals surface area (Å²) < 4.78 is 0. The molecule has 2 aromatic rings. The van der Waals surface area contributed by atoms with Gasteiger partial charge in [0, 0.05) is 11.6 Å². The fourth-order valence-electron chi connectivity index (χ4n) is 3.82. The van der Waals surface area contributed by atoms with Gasteiger partial charge in [-0.2, -0.15) is 0 Å². The second-order valence-corrected chi connectivity index (χ2v) is 6.68. The number of nitrogens with one attached hydrogen (secondary N) is 1. The maximum Gasteiger partial charge on any atom is 0.0548 e. The SMILES string of the molecule is CC1=C(/C(=C\Cc2ccccc2)c2ccccc2)C2C=CC=CC2N1. The predicted molar refractivity (Wildman–Crippen MR) is 106 cm³/mol. The van der Waals surface area contributed by atoms with Gasteiger partial charge in [0.05, 0.1) is 6.04 Å². The Labute approximate surface area is 150 Å². The largest absolute Gasteiger partial charge is 0.381 e. The van der Waals surface area contributed by atoms with E-state index in [1.54, 1.807) is 0 Å². The molecule has 0 amide bonds. The maximum atomic E-state index is 3.66. The van der Waals surface area contributed by atoms with Gasteiger partial charge in [-0.3, -0.25) is 0 Å². The third-order valence-corrected chi connectivity index (χ3v) is 5.02. The summed E-state index contributed by atoms with van der Waals surface area (Å²) in [6.45, 7) is 2.20. The van der Waals surface area contributed by atoms with E-state index in [0.29, 0.717) is 12.0 Å². The highest BCUT2D eigenvalue weighted by molar-refractivity contribution is 5.82. The minimum Gasteiger partial charge on any atom is -0.381 e. The van der Waals surface area contributed by atoms with E-state index in [2.05, 4.69) is 103 Å². The van der Waals surface area contributed by atoms with E-state index in [9.17, 15) is 0 Å². The van der Waals surface area contributed by atoms with Crippen LogP contribution in [-0.4, -0.2) is 6.04 Å². The summed E-state index contributed by atoms with van der Waals surface area (Å²) >= 11 is 0. The third-order valence-electron chi connectivity index (χ3n) is 5.02. The first-order chi connectivity index (χ1) is 12.3. The monoisotopic (exact) mass is 325 g/mol. The Balaban J connectivity index is 1.75. The average molecular weight is 325 g/mol. The highest BCUT2D eigenvalue weighted by atomic mass is 15.0. The molecule has 2 aliphatic rings. The minimum atomic E-state index is 0.379. The van der Waals surface area contributed by atoms with Crippen LogP contribution in [0.2, 0.25) is 0 Å². The molecule has 0 fully saturated rings. The summed E-state index contributed by atoms with van der Waals surface area (Å²) in [6.07, 6.45) is 12.2. The van der Waals surface area contributed by atoms with Crippen LogP contribution in [0.4, 0.5) is 0 Å². The summed E-state index contributed by atoms with van der Waals surface area (Å²) in [5.41, 5.74) is 6.69. The Morgan fingerprint density at radius 2 is 1.60 bits per heavy atom. The van der Waals surface area contributed by atoms with Gasteiger partial charge in [-0.05, 0) is 35.6 Å². The van der Waals surface area contributed by atoms with Crippen LogP contribution in [0.25, 0.3) is 5.57 Å². The van der Waals surface area contributed by atoms with Crippen molar-refractivity contribution in [3.8, 4) is 0 Å². The van der Waals surface area contributed by atoms with E-state index in [1.807, 2.05) is 0 Å². The zero-order valence-electron chi connectivity index (χ0n) is 14.5. The third kappa shape index (κ3) is 3.23. The van der Waals surface area contributed by atoms with Crippen LogP contribution < -0.4 is 5.32 Å². The topological polar surface area (TPSA) is 12.0 Å². The maximum absolute atomic E-state index is 3.66. The highest BCUT2D eigenvalue weighted by Gasteiger charge is 2.32. The van der Waals surface area contributed by atoms with Gasteiger partial charge in [0.2, 0.25) is 0 Å². The number of fused-ring (bicyclic) bond motifs is 1. The molecule has 1 heteroatoms. The van der Waals surface area contributed by atoms with E-state index in [4.69, 9.17) is 0 Å². The lowest BCUT2D eigenvalue weighted by Gasteiger charge is -2.21. The lowest BCUT2D eigenvalue weighted by Crippen LogP contribution is -2.26. The molecule has 2 aromatic carbocycles. The molecular formula is C24H23N. The van der Waals surface area contributed by atoms with Gasteiger partial charge in [-0.15, -0.1) is 0 Å². The number of rotatable bonds is 4. The molecule has 0 saturated carbocycles. The van der Waals surface area contributed by atoms with Crippen LogP contribution in [0.1, 0.15) is 18.1 Å². The fraction of sp³-hybridized carbons (Fsp3) is 0.167. The lowest BCUT2D eigenvalue weighted by atomic mass is 9.83. The van der Waals surface area contributed by atoms with Crippen LogP contribution in [0.3, 0.4) is 0 Å². The van der Waals surface area contributed by atoms with E-state index >= 15 is 0 Å². The Morgan fingerprint density at radius 3 is 2.36 bits per heavy atom. The van der Waals surface area contributed by atoms with Gasteiger partial charge in [0.1, 0.15) is 0 Å². The highest BCUT2D eigenvalue weighted by Crippen LogP contribution is 2.39. The van der Waals surface area contributed by atoms with E-state index < -0.39 is 0 Å². The molecule has 0 spiro atoms. The summed E-state index contributed by atoms with van der Waals surface area (Å²) in [4.78, 5) is 0. The van der Waals surface area contributed by atoms with Crippen molar-refractivity contribution in [1.29, 1.82) is 0 Å². The van der Waals surface area contributed by atoms with E-state index in [1.165, 1.54) is 28.0 Å². The van der Waals surface area contributed by atoms with Gasteiger partial charge >= 0.3 is 0 Å². The molecule has 0 bridgehead atoms. The Morgan fingerprint density at radius 1 is 0.920 bits per heavy atom. The van der Waals surface area contributed by atoms with Gasteiger partial charge in [-0.25, -0.2) is 0 Å². The molecule has 0 aromatic heterocycles. The van der Waals surface area contributed by atoms with Crippen LogP contribution in [0, 0.1) is 5.92 Å². The number of benzene rings is 2. The molecule has 1 aliphatic heterocycles. The summed E-state index contributed by atoms with van der Waals surface area (Å²) in [7, 11) is 0. The molecular weight excluding hydrogens is 302 g/mol. The lowest BCUT2D eigenvalue weighted by molar-refractivity contribution is 0.631. The second kappa shape index (κ2) is 6.98. The quantitative estimate of drug-likeness (QED) is 0.804. The van der Waals surface area contributed by atoms with Crippen molar-refractivity contribution in [1.82, 2.24) is 5.32 Å². The van der Waals surface area contributed by atoms with Gasteiger partial charge in [-0.1, -0.05) is 91.0 Å². The summed E-state index contributed by atoms with van der Waals surface area (Å²) in [6, 6.07) is 21.8. The van der Waals surface area contributed by atoms with Gasteiger partial charge in [0.15, 0.2) is 0 Å². The van der Waals surface area contributed by atoms with E-state index in [-0.39, 0.29) is 0 Å². The van der Waals surface area contributed by atoms with Crippen molar-refractivity contribution in [3.63, 3.8) is 0 Å². The van der Waals surface area contributed by atoms with Gasteiger partial charge in [0.25, 0.3) is 0 Å². The van der Waals surface area contributed by atoms with Crippen molar-refractivity contribution in [2.75, 3.05) is 0 Å². The molecule has 2 atom stereocenters. The summed E-state index contributed by atoms with van der Waals surface area (Å²) in [5.74, 6) is 0.409. The van der Waals surface area contributed by atoms with Crippen LogP contribution in [0.15, 0.2) is 102 Å². The average Bonchev–Trinajstić information content (AvgIpc) is 3.00. The predicted octanol–water partition coefficient (Wildman–Crippen LogP) is 5.30. The van der Waals surface area contributed by atoms with Crippen molar-refractivity contribution in [2.45, 2.75) is 19.4 Å². The second-order valence-electron chi connectivity index (χ2n) is 6.68. The zero-order valence-corrected chi connectivity index (χ0v) is 14.5. The van der Waals surface area contributed by atoms with Gasteiger partial charge < -0.3 is 5.32 Å². The Bertz CT molecular complexity index is 853. The van der Waals surface area contributed by atoms with Crippen LogP contribution in [0.5, 0.6) is 0 Å². The molecule has 4 rings (SSSR count). The minimum absolute atomic E-state index is 0.379. The number of hydrogen-bond donors (Lipinski definition) is 1. The number of hydrogen-bond acceptors (Lipinski definition) is 1. The number of allylic oxidation sites excluding steroid dienone is 5. The molecule has 2 unspecified atom stereocenters.